The van der Waals surface area contributed by atoms with Crippen LogP contribution in [-0.2, 0) is 27.2 Å². The Bertz CT molecular complexity index is 1640. The van der Waals surface area contributed by atoms with Crippen molar-refractivity contribution in [3.8, 4) is 11.8 Å². The molecule has 1 aliphatic rings. The smallest absolute Gasteiger partial charge is 0.319 e. The number of rotatable bonds is 8. The van der Waals surface area contributed by atoms with Gasteiger partial charge in [-0.2, -0.15) is 4.98 Å². The molecule has 1 aliphatic heterocycles. The van der Waals surface area contributed by atoms with Gasteiger partial charge in [0, 0.05) is 57.2 Å². The van der Waals surface area contributed by atoms with Crippen LogP contribution in [0.3, 0.4) is 0 Å². The Balaban J connectivity index is 1.41. The zero-order valence-corrected chi connectivity index (χ0v) is 25.1. The molecule has 2 heterocycles. The van der Waals surface area contributed by atoms with Crippen molar-refractivity contribution < 1.29 is 26.7 Å². The summed E-state index contributed by atoms with van der Waals surface area (Å²) in [5.74, 6) is 3.35. The van der Waals surface area contributed by atoms with Crippen molar-refractivity contribution in [1.82, 2.24) is 25.3 Å². The normalized spacial score (nSPS) is 14.3. The van der Waals surface area contributed by atoms with Gasteiger partial charge in [0.25, 0.3) is 5.92 Å². The maximum atomic E-state index is 14.1. The molecule has 0 fully saturated rings. The van der Waals surface area contributed by atoms with E-state index in [0.717, 1.165) is 6.92 Å². The molecule has 234 valence electrons. The van der Waals surface area contributed by atoms with Crippen LogP contribution in [0.1, 0.15) is 30.0 Å². The van der Waals surface area contributed by atoms with Gasteiger partial charge in [-0.25, -0.2) is 31.7 Å². The Morgan fingerprint density at radius 3 is 2.82 bits per heavy atom. The monoisotopic (exact) mass is 628 g/mol. The van der Waals surface area contributed by atoms with Gasteiger partial charge in [0.1, 0.15) is 5.82 Å². The number of benzene rings is 2. The third-order valence-electron chi connectivity index (χ3n) is 6.26. The second-order valence-corrected chi connectivity index (χ2v) is 11.6. The molecule has 0 spiro atoms. The van der Waals surface area contributed by atoms with Gasteiger partial charge < -0.3 is 31.3 Å². The van der Waals surface area contributed by atoms with Gasteiger partial charge in [-0.1, -0.05) is 17.9 Å². The summed E-state index contributed by atoms with van der Waals surface area (Å²) in [5, 5.41) is 14.4. The number of amides is 2. The van der Waals surface area contributed by atoms with Gasteiger partial charge in [0.05, 0.1) is 29.8 Å². The number of anilines is 4. The summed E-state index contributed by atoms with van der Waals surface area (Å²) < 4.78 is 60.8. The topological polar surface area (TPSA) is 158 Å². The first-order valence-electron chi connectivity index (χ1n) is 13.8. The third-order valence-corrected chi connectivity index (χ3v) is 7.72. The van der Waals surface area contributed by atoms with Crippen molar-refractivity contribution >= 4 is 39.2 Å². The van der Waals surface area contributed by atoms with Crippen molar-refractivity contribution in [3.05, 3.63) is 65.4 Å². The SMILES string of the molecule is COCCNCc1cc(NC(=O)NCC#Cc2cnc3nc2NCCCNS(=O)(=O)c2cccc(c2)N3)cc(C(C)(F)F)c1. The van der Waals surface area contributed by atoms with Crippen LogP contribution in [0.25, 0.3) is 0 Å². The summed E-state index contributed by atoms with van der Waals surface area (Å²) in [4.78, 5) is 21.4. The lowest BCUT2D eigenvalue weighted by molar-refractivity contribution is 0.0174. The molecule has 15 heteroatoms. The van der Waals surface area contributed by atoms with Crippen LogP contribution < -0.4 is 31.3 Å². The van der Waals surface area contributed by atoms with E-state index in [1.807, 2.05) is 0 Å². The van der Waals surface area contributed by atoms with E-state index in [1.54, 1.807) is 25.3 Å². The second kappa shape index (κ2) is 14.9. The Labute approximate surface area is 254 Å². The number of nitrogens with zero attached hydrogens (tertiary/aromatic N) is 2. The lowest BCUT2D eigenvalue weighted by atomic mass is 10.0. The molecule has 1 aromatic heterocycles. The molecular weight excluding hydrogens is 594 g/mol. The Morgan fingerprint density at radius 2 is 2.02 bits per heavy atom. The van der Waals surface area contributed by atoms with E-state index in [2.05, 4.69) is 53.1 Å². The number of hydrogen-bond acceptors (Lipinski definition) is 9. The van der Waals surface area contributed by atoms with E-state index in [-0.39, 0.29) is 35.2 Å². The van der Waals surface area contributed by atoms with Gasteiger partial charge in [-0.05, 0) is 48.4 Å². The van der Waals surface area contributed by atoms with Crippen LogP contribution in [0.5, 0.6) is 0 Å². The zero-order chi connectivity index (χ0) is 31.6. The minimum Gasteiger partial charge on any atom is -0.383 e. The van der Waals surface area contributed by atoms with Crippen molar-refractivity contribution in [1.29, 1.82) is 0 Å². The molecule has 6 N–H and O–H groups in total. The van der Waals surface area contributed by atoms with E-state index in [9.17, 15) is 22.0 Å². The van der Waals surface area contributed by atoms with Gasteiger partial charge in [-0.3, -0.25) is 0 Å². The average molecular weight is 629 g/mol. The molecule has 0 atom stereocenters. The van der Waals surface area contributed by atoms with Crippen molar-refractivity contribution in [3.63, 3.8) is 0 Å². The van der Waals surface area contributed by atoms with Gasteiger partial charge >= 0.3 is 6.03 Å². The molecule has 4 bridgehead atoms. The molecule has 2 aromatic carbocycles. The lowest BCUT2D eigenvalue weighted by Gasteiger charge is -2.16. The highest BCUT2D eigenvalue weighted by atomic mass is 32.2. The predicted molar refractivity (Wildman–Crippen MR) is 164 cm³/mol. The number of carbonyl (C=O) groups is 1. The minimum absolute atomic E-state index is 0.0467. The average Bonchev–Trinajstić information content (AvgIpc) is 2.98. The van der Waals surface area contributed by atoms with Crippen molar-refractivity contribution in [2.75, 3.05) is 55.8 Å². The molecule has 2 amide bonds. The van der Waals surface area contributed by atoms with E-state index < -0.39 is 22.0 Å². The fourth-order valence-corrected chi connectivity index (χ4v) is 5.21. The molecular formula is C29H34F2N8O4S. The number of aromatic nitrogens is 2. The van der Waals surface area contributed by atoms with Crippen LogP contribution in [-0.4, -0.2) is 64.3 Å². The number of hydrogen-bond donors (Lipinski definition) is 6. The quantitative estimate of drug-likeness (QED) is 0.163. The molecule has 12 nitrogen and oxygen atoms in total. The number of carbonyl (C=O) groups excluding carboxylic acids is 1. The van der Waals surface area contributed by atoms with E-state index >= 15 is 0 Å². The summed E-state index contributed by atoms with van der Waals surface area (Å²) in [5.41, 5.74) is 1.54. The highest BCUT2D eigenvalue weighted by Gasteiger charge is 2.25. The standard InChI is InChI=1S/C29H34F2N8O4S/c1-29(30,31)22-14-20(18-32-12-13-43-2)15-24(16-22)38-28(40)34-9-4-6-21-19-35-27-37-23-7-3-8-25(17-23)44(41,42)36-11-5-10-33-26(21)39-27/h3,7-8,14-17,19,32,36H,5,9-13,18H2,1-2H3,(H2,34,38,40)(H2,33,35,37,39). The third kappa shape index (κ3) is 9.58. The maximum absolute atomic E-state index is 14.1. The summed E-state index contributed by atoms with van der Waals surface area (Å²) in [7, 11) is -2.09. The minimum atomic E-state index is -3.66. The summed E-state index contributed by atoms with van der Waals surface area (Å²) in [6, 6.07) is 9.95. The van der Waals surface area contributed by atoms with Gasteiger partial charge in [-0.15, -0.1) is 0 Å². The lowest BCUT2D eigenvalue weighted by Crippen LogP contribution is -2.29. The van der Waals surface area contributed by atoms with Crippen LogP contribution in [0.2, 0.25) is 0 Å². The van der Waals surface area contributed by atoms with E-state index in [4.69, 9.17) is 4.74 Å². The molecule has 3 aromatic rings. The number of methoxy groups -OCH3 is 1. The molecule has 0 aliphatic carbocycles. The highest BCUT2D eigenvalue weighted by molar-refractivity contribution is 7.89. The maximum Gasteiger partial charge on any atom is 0.319 e. The Morgan fingerprint density at radius 1 is 1.18 bits per heavy atom. The molecule has 4 rings (SSSR count). The summed E-state index contributed by atoms with van der Waals surface area (Å²) in [6.45, 7) is 2.72. The largest absolute Gasteiger partial charge is 0.383 e. The van der Waals surface area contributed by atoms with Crippen LogP contribution in [0, 0.1) is 11.8 Å². The van der Waals surface area contributed by atoms with E-state index in [0.29, 0.717) is 55.3 Å². The molecule has 0 radical (unpaired) electrons. The van der Waals surface area contributed by atoms with Gasteiger partial charge in [0.2, 0.25) is 16.0 Å². The predicted octanol–water partition coefficient (Wildman–Crippen LogP) is 3.34. The van der Waals surface area contributed by atoms with Crippen LogP contribution >= 0.6 is 0 Å². The first-order valence-corrected chi connectivity index (χ1v) is 15.2. The highest BCUT2D eigenvalue weighted by Crippen LogP contribution is 2.30. The summed E-state index contributed by atoms with van der Waals surface area (Å²) >= 11 is 0. The first kappa shape index (κ1) is 32.6. The number of fused-ring (bicyclic) bond motifs is 4. The number of halogens is 2. The van der Waals surface area contributed by atoms with Crippen LogP contribution in [0.15, 0.2) is 53.6 Å². The fourth-order valence-electron chi connectivity index (χ4n) is 4.09. The molecule has 0 unspecified atom stereocenters. The van der Waals surface area contributed by atoms with E-state index in [1.165, 1.54) is 30.5 Å². The fraction of sp³-hybridized carbons (Fsp3) is 0.345. The number of sulfonamides is 1. The number of urea groups is 1. The zero-order valence-electron chi connectivity index (χ0n) is 24.3. The first-order chi connectivity index (χ1) is 21.0. The summed E-state index contributed by atoms with van der Waals surface area (Å²) in [6.07, 6.45) is 2.00. The van der Waals surface area contributed by atoms with Crippen molar-refractivity contribution in [2.24, 2.45) is 0 Å². The Kier molecular flexibility index (Phi) is 11.0. The number of ether oxygens (including phenoxy) is 1. The molecule has 0 saturated heterocycles. The van der Waals surface area contributed by atoms with Gasteiger partial charge in [0.15, 0.2) is 0 Å². The second-order valence-electron chi connectivity index (χ2n) is 9.87. The number of alkyl halides is 2. The number of nitrogens with one attached hydrogen (secondary N) is 6. The van der Waals surface area contributed by atoms with Crippen molar-refractivity contribution in [2.45, 2.75) is 30.7 Å². The molecule has 0 saturated carbocycles. The molecule has 44 heavy (non-hydrogen) atoms. The Hall–Kier alpha value is -4.36. The van der Waals surface area contributed by atoms with Crippen LogP contribution in [0.4, 0.5) is 36.7 Å².